The molecular formula is C10H11Cl2NO3. The zero-order chi connectivity index (χ0) is 12.1. The van der Waals surface area contributed by atoms with Gasteiger partial charge in [-0.15, -0.1) is 0 Å². The second kappa shape index (κ2) is 5.94. The summed E-state index contributed by atoms with van der Waals surface area (Å²) < 4.78 is 5.27. The molecule has 88 valence electrons. The third-order valence-electron chi connectivity index (χ3n) is 1.79. The molecule has 16 heavy (non-hydrogen) atoms. The van der Waals surface area contributed by atoms with Gasteiger partial charge in [-0.1, -0.05) is 23.2 Å². The maximum absolute atomic E-state index is 10.3. The van der Waals surface area contributed by atoms with Crippen LogP contribution in [0.25, 0.3) is 0 Å². The molecule has 1 aromatic carbocycles. The number of carbonyl (C=O) groups is 1. The number of aliphatic carboxylic acids is 1. The second-order valence-electron chi connectivity index (χ2n) is 3.24. The Balaban J connectivity index is 2.48. The number of benzene rings is 1. The van der Waals surface area contributed by atoms with E-state index in [1.807, 2.05) is 0 Å². The highest BCUT2D eigenvalue weighted by Crippen LogP contribution is 2.26. The lowest BCUT2D eigenvalue weighted by Crippen LogP contribution is -2.30. The van der Waals surface area contributed by atoms with Gasteiger partial charge in [-0.3, -0.25) is 4.79 Å². The Morgan fingerprint density at radius 3 is 2.69 bits per heavy atom. The van der Waals surface area contributed by atoms with E-state index in [9.17, 15) is 4.79 Å². The third kappa shape index (κ3) is 4.26. The Morgan fingerprint density at radius 1 is 1.44 bits per heavy atom. The molecule has 0 bridgehead atoms. The molecule has 0 aromatic heterocycles. The largest absolute Gasteiger partial charge is 0.492 e. The van der Waals surface area contributed by atoms with Gasteiger partial charge >= 0.3 is 5.97 Å². The lowest BCUT2D eigenvalue weighted by atomic mass is 10.2. The average molecular weight is 264 g/mol. The number of carboxylic acid groups (broad SMARTS) is 1. The van der Waals surface area contributed by atoms with E-state index in [4.69, 9.17) is 38.8 Å². The number of rotatable bonds is 5. The van der Waals surface area contributed by atoms with Gasteiger partial charge in [-0.25, -0.2) is 0 Å². The molecule has 1 aromatic rings. The van der Waals surface area contributed by atoms with Gasteiger partial charge in [0, 0.05) is 12.1 Å². The minimum absolute atomic E-state index is 0.115. The molecule has 1 atom stereocenters. The van der Waals surface area contributed by atoms with Gasteiger partial charge in [0.2, 0.25) is 0 Å². The van der Waals surface area contributed by atoms with Gasteiger partial charge in [0.25, 0.3) is 0 Å². The van der Waals surface area contributed by atoms with Crippen LogP contribution in [0.1, 0.15) is 6.42 Å². The number of carboxylic acids is 1. The fraction of sp³-hybridized carbons (Fsp3) is 0.300. The Kier molecular flexibility index (Phi) is 4.86. The first-order chi connectivity index (χ1) is 7.49. The number of hydrogen-bond donors (Lipinski definition) is 2. The third-order valence-corrected chi connectivity index (χ3v) is 2.53. The van der Waals surface area contributed by atoms with E-state index < -0.39 is 12.0 Å². The molecular weight excluding hydrogens is 253 g/mol. The Hall–Kier alpha value is -0.970. The highest BCUT2D eigenvalue weighted by Gasteiger charge is 2.09. The Labute approximate surface area is 103 Å². The SMILES string of the molecule is NC(COc1ccc(Cl)c(Cl)c1)CC(=O)O. The van der Waals surface area contributed by atoms with Gasteiger partial charge in [0.05, 0.1) is 16.5 Å². The fourth-order valence-electron chi connectivity index (χ4n) is 1.05. The average Bonchev–Trinajstić information content (AvgIpc) is 2.19. The zero-order valence-corrected chi connectivity index (χ0v) is 9.83. The van der Waals surface area contributed by atoms with E-state index in [2.05, 4.69) is 0 Å². The first-order valence-electron chi connectivity index (χ1n) is 4.54. The van der Waals surface area contributed by atoms with Crippen molar-refractivity contribution >= 4 is 29.2 Å². The van der Waals surface area contributed by atoms with Crippen LogP contribution in [0.5, 0.6) is 5.75 Å². The molecule has 3 N–H and O–H groups in total. The minimum Gasteiger partial charge on any atom is -0.492 e. The van der Waals surface area contributed by atoms with E-state index in [0.717, 1.165) is 0 Å². The normalized spacial score (nSPS) is 12.2. The summed E-state index contributed by atoms with van der Waals surface area (Å²) in [5, 5.41) is 9.30. The van der Waals surface area contributed by atoms with E-state index >= 15 is 0 Å². The van der Waals surface area contributed by atoms with Crippen molar-refractivity contribution in [1.82, 2.24) is 0 Å². The number of hydrogen-bond acceptors (Lipinski definition) is 3. The predicted molar refractivity (Wildman–Crippen MR) is 62.2 cm³/mol. The molecule has 0 radical (unpaired) electrons. The molecule has 0 saturated carbocycles. The van der Waals surface area contributed by atoms with E-state index in [0.29, 0.717) is 15.8 Å². The molecule has 0 aliphatic carbocycles. The summed E-state index contributed by atoms with van der Waals surface area (Å²) in [7, 11) is 0. The van der Waals surface area contributed by atoms with Crippen molar-refractivity contribution in [2.24, 2.45) is 5.73 Å². The molecule has 6 heteroatoms. The predicted octanol–water partition coefficient (Wildman–Crippen LogP) is 2.17. The number of ether oxygens (including phenoxy) is 1. The highest BCUT2D eigenvalue weighted by molar-refractivity contribution is 6.42. The maximum Gasteiger partial charge on any atom is 0.305 e. The van der Waals surface area contributed by atoms with Crippen molar-refractivity contribution in [1.29, 1.82) is 0 Å². The van der Waals surface area contributed by atoms with E-state index in [1.54, 1.807) is 18.2 Å². The molecule has 0 heterocycles. The van der Waals surface area contributed by atoms with Gasteiger partial charge in [0.1, 0.15) is 12.4 Å². The van der Waals surface area contributed by atoms with Crippen molar-refractivity contribution in [2.75, 3.05) is 6.61 Å². The summed E-state index contributed by atoms with van der Waals surface area (Å²) in [6.45, 7) is 0.115. The summed E-state index contributed by atoms with van der Waals surface area (Å²) >= 11 is 11.5. The standard InChI is InChI=1S/C10H11Cl2NO3/c11-8-2-1-7(4-9(8)12)16-5-6(13)3-10(14)15/h1-2,4,6H,3,5,13H2,(H,14,15). The van der Waals surface area contributed by atoms with Crippen LogP contribution >= 0.6 is 23.2 Å². The van der Waals surface area contributed by atoms with Crippen molar-refractivity contribution < 1.29 is 14.6 Å². The summed E-state index contributed by atoms with van der Waals surface area (Å²) in [6.07, 6.45) is -0.138. The molecule has 0 fully saturated rings. The van der Waals surface area contributed by atoms with Gasteiger partial charge in [-0.05, 0) is 12.1 Å². The van der Waals surface area contributed by atoms with Crippen molar-refractivity contribution in [3.63, 3.8) is 0 Å². The van der Waals surface area contributed by atoms with Crippen molar-refractivity contribution in [3.05, 3.63) is 28.2 Å². The van der Waals surface area contributed by atoms with Gasteiger partial charge in [0.15, 0.2) is 0 Å². The quantitative estimate of drug-likeness (QED) is 0.854. The van der Waals surface area contributed by atoms with Crippen LogP contribution in [0.4, 0.5) is 0 Å². The first-order valence-corrected chi connectivity index (χ1v) is 5.30. The zero-order valence-electron chi connectivity index (χ0n) is 8.32. The summed E-state index contributed by atoms with van der Waals surface area (Å²) in [5.41, 5.74) is 5.53. The maximum atomic E-state index is 10.3. The van der Waals surface area contributed by atoms with E-state index in [1.165, 1.54) is 0 Å². The first kappa shape index (κ1) is 13.1. The molecule has 1 rings (SSSR count). The molecule has 0 spiro atoms. The monoisotopic (exact) mass is 263 g/mol. The molecule has 0 aliphatic rings. The lowest BCUT2D eigenvalue weighted by molar-refractivity contribution is -0.137. The summed E-state index contributed by atoms with van der Waals surface area (Å²) in [5.74, 6) is -0.444. The van der Waals surface area contributed by atoms with Crippen LogP contribution in [0.15, 0.2) is 18.2 Å². The van der Waals surface area contributed by atoms with Crippen LogP contribution in [0.2, 0.25) is 10.0 Å². The second-order valence-corrected chi connectivity index (χ2v) is 4.06. The smallest absolute Gasteiger partial charge is 0.305 e. The molecule has 4 nitrogen and oxygen atoms in total. The number of halogens is 2. The van der Waals surface area contributed by atoms with Crippen molar-refractivity contribution in [3.8, 4) is 5.75 Å². The van der Waals surface area contributed by atoms with Gasteiger partial charge < -0.3 is 15.6 Å². The van der Waals surface area contributed by atoms with Crippen LogP contribution in [0, 0.1) is 0 Å². The summed E-state index contributed by atoms with van der Waals surface area (Å²) in [6, 6.07) is 4.24. The van der Waals surface area contributed by atoms with Crippen molar-refractivity contribution in [2.45, 2.75) is 12.5 Å². The van der Waals surface area contributed by atoms with Crippen LogP contribution < -0.4 is 10.5 Å². The molecule has 0 amide bonds. The van der Waals surface area contributed by atoms with Crippen LogP contribution in [-0.4, -0.2) is 23.7 Å². The van der Waals surface area contributed by atoms with Crippen LogP contribution in [-0.2, 0) is 4.79 Å². The van der Waals surface area contributed by atoms with E-state index in [-0.39, 0.29) is 13.0 Å². The fourth-order valence-corrected chi connectivity index (χ4v) is 1.34. The topological polar surface area (TPSA) is 72.5 Å². The minimum atomic E-state index is -0.953. The highest BCUT2D eigenvalue weighted by atomic mass is 35.5. The van der Waals surface area contributed by atoms with Gasteiger partial charge in [-0.2, -0.15) is 0 Å². The Bertz CT molecular complexity index is 384. The Morgan fingerprint density at radius 2 is 2.12 bits per heavy atom. The lowest BCUT2D eigenvalue weighted by Gasteiger charge is -2.11. The summed E-state index contributed by atoms with van der Waals surface area (Å²) in [4.78, 5) is 10.3. The number of nitrogens with two attached hydrogens (primary N) is 1. The van der Waals surface area contributed by atoms with Crippen LogP contribution in [0.3, 0.4) is 0 Å². The molecule has 0 saturated heterocycles. The molecule has 0 aliphatic heterocycles. The molecule has 1 unspecified atom stereocenters.